The summed E-state index contributed by atoms with van der Waals surface area (Å²) in [4.78, 5) is 12.2. The van der Waals surface area contributed by atoms with E-state index in [0.29, 0.717) is 26.3 Å². The summed E-state index contributed by atoms with van der Waals surface area (Å²) in [6.07, 6.45) is 0. The quantitative estimate of drug-likeness (QED) is 0.444. The van der Waals surface area contributed by atoms with Gasteiger partial charge in [-0.25, -0.2) is 13.4 Å². The predicted octanol–water partition coefficient (Wildman–Crippen LogP) is -0.297. The monoisotopic (exact) mass is 302 g/mol. The first-order valence-corrected chi connectivity index (χ1v) is 7.27. The highest BCUT2D eigenvalue weighted by atomic mass is 32.2. The van der Waals surface area contributed by atoms with Gasteiger partial charge in [0.05, 0.1) is 23.0 Å². The highest BCUT2D eigenvalue weighted by Gasteiger charge is 2.23. The number of hydrogen-bond donors (Lipinski definition) is 2. The Morgan fingerprint density at radius 3 is 2.60 bits per heavy atom. The lowest BCUT2D eigenvalue weighted by Gasteiger charge is -2.26. The SMILES string of the molecule is Nc1ccc(S(=O)(=O)NN2CCOCC2)cc1[N+](=O)[O-]. The summed E-state index contributed by atoms with van der Waals surface area (Å²) in [5, 5.41) is 12.3. The fourth-order valence-electron chi connectivity index (χ4n) is 1.73. The van der Waals surface area contributed by atoms with Crippen molar-refractivity contribution >= 4 is 21.4 Å². The van der Waals surface area contributed by atoms with Crippen molar-refractivity contribution in [2.45, 2.75) is 4.90 Å². The van der Waals surface area contributed by atoms with Gasteiger partial charge in [-0.1, -0.05) is 0 Å². The number of morpholine rings is 1. The second kappa shape index (κ2) is 5.71. The average molecular weight is 302 g/mol. The molecular weight excluding hydrogens is 288 g/mol. The summed E-state index contributed by atoms with van der Waals surface area (Å²) in [7, 11) is -3.87. The first-order valence-electron chi connectivity index (χ1n) is 5.79. The molecule has 0 radical (unpaired) electrons. The maximum atomic E-state index is 12.1. The second-order valence-electron chi connectivity index (χ2n) is 4.17. The minimum Gasteiger partial charge on any atom is -0.393 e. The van der Waals surface area contributed by atoms with Gasteiger partial charge < -0.3 is 10.5 Å². The summed E-state index contributed by atoms with van der Waals surface area (Å²) in [5.41, 5.74) is 4.92. The molecule has 9 nitrogen and oxygen atoms in total. The van der Waals surface area contributed by atoms with Crippen molar-refractivity contribution in [1.29, 1.82) is 0 Å². The maximum absolute atomic E-state index is 12.1. The molecule has 1 aliphatic heterocycles. The van der Waals surface area contributed by atoms with E-state index in [2.05, 4.69) is 4.83 Å². The van der Waals surface area contributed by atoms with Crippen molar-refractivity contribution < 1.29 is 18.1 Å². The molecule has 1 heterocycles. The number of nitrogens with zero attached hydrogens (tertiary/aromatic N) is 2. The minimum atomic E-state index is -3.87. The van der Waals surface area contributed by atoms with E-state index in [1.165, 1.54) is 17.1 Å². The van der Waals surface area contributed by atoms with Crippen molar-refractivity contribution in [3.63, 3.8) is 0 Å². The molecule has 1 aromatic carbocycles. The Morgan fingerprint density at radius 2 is 2.00 bits per heavy atom. The normalized spacial score (nSPS) is 17.0. The molecule has 0 bridgehead atoms. The lowest BCUT2D eigenvalue weighted by molar-refractivity contribution is -0.384. The topological polar surface area (TPSA) is 128 Å². The number of anilines is 1. The van der Waals surface area contributed by atoms with Crippen LogP contribution >= 0.6 is 0 Å². The number of sulfonamides is 1. The molecule has 10 heteroatoms. The molecule has 0 unspecified atom stereocenters. The Balaban J connectivity index is 2.24. The third kappa shape index (κ3) is 3.22. The van der Waals surface area contributed by atoms with Crippen molar-refractivity contribution in [2.75, 3.05) is 32.0 Å². The first kappa shape index (κ1) is 14.7. The van der Waals surface area contributed by atoms with Crippen LogP contribution in [0.3, 0.4) is 0 Å². The Hall–Kier alpha value is -1.75. The molecule has 20 heavy (non-hydrogen) atoms. The lowest BCUT2D eigenvalue weighted by Crippen LogP contribution is -2.48. The smallest absolute Gasteiger partial charge is 0.293 e. The molecule has 1 aliphatic rings. The van der Waals surface area contributed by atoms with Crippen LogP contribution in [0.4, 0.5) is 11.4 Å². The van der Waals surface area contributed by atoms with Gasteiger partial charge in [0.15, 0.2) is 0 Å². The molecular formula is C10H14N4O5S. The number of nitrogen functional groups attached to an aromatic ring is 1. The molecule has 0 saturated carbocycles. The van der Waals surface area contributed by atoms with Gasteiger partial charge in [0.2, 0.25) is 0 Å². The number of rotatable bonds is 4. The number of benzene rings is 1. The van der Waals surface area contributed by atoms with Crippen LogP contribution in [-0.2, 0) is 14.8 Å². The molecule has 1 fully saturated rings. The van der Waals surface area contributed by atoms with Gasteiger partial charge in [-0.05, 0) is 12.1 Å². The molecule has 0 spiro atoms. The van der Waals surface area contributed by atoms with Crippen molar-refractivity contribution in [1.82, 2.24) is 9.84 Å². The maximum Gasteiger partial charge on any atom is 0.293 e. The number of nitrogens with two attached hydrogens (primary N) is 1. The largest absolute Gasteiger partial charge is 0.393 e. The predicted molar refractivity (Wildman–Crippen MR) is 70.2 cm³/mol. The fraction of sp³-hybridized carbons (Fsp3) is 0.400. The van der Waals surface area contributed by atoms with E-state index in [4.69, 9.17) is 10.5 Å². The Morgan fingerprint density at radius 1 is 1.35 bits per heavy atom. The van der Waals surface area contributed by atoms with E-state index in [0.717, 1.165) is 6.07 Å². The Bertz CT molecular complexity index is 612. The average Bonchev–Trinajstić information content (AvgIpc) is 2.39. The Kier molecular flexibility index (Phi) is 4.18. The van der Waals surface area contributed by atoms with Gasteiger partial charge in [-0.3, -0.25) is 10.1 Å². The molecule has 3 N–H and O–H groups in total. The van der Waals surface area contributed by atoms with Crippen molar-refractivity contribution in [2.24, 2.45) is 0 Å². The summed E-state index contributed by atoms with van der Waals surface area (Å²) in [6.45, 7) is 1.67. The van der Waals surface area contributed by atoms with Gasteiger partial charge in [-0.2, -0.15) is 0 Å². The van der Waals surface area contributed by atoms with Crippen LogP contribution in [0.1, 0.15) is 0 Å². The number of nitro benzene ring substituents is 1. The standard InChI is InChI=1S/C10H14N4O5S/c11-9-2-1-8(7-10(9)14(15)16)20(17,18)12-13-3-5-19-6-4-13/h1-2,7,12H,3-6,11H2. The molecule has 110 valence electrons. The zero-order valence-corrected chi connectivity index (χ0v) is 11.3. The zero-order chi connectivity index (χ0) is 14.8. The second-order valence-corrected chi connectivity index (χ2v) is 5.83. The molecule has 0 aliphatic carbocycles. The molecule has 2 rings (SSSR count). The van der Waals surface area contributed by atoms with E-state index in [1.807, 2.05) is 0 Å². The number of nitro groups is 1. The first-order chi connectivity index (χ1) is 9.40. The van der Waals surface area contributed by atoms with Gasteiger partial charge in [0.25, 0.3) is 15.7 Å². The molecule has 1 aromatic rings. The summed E-state index contributed by atoms with van der Waals surface area (Å²) < 4.78 is 29.4. The lowest BCUT2D eigenvalue weighted by atomic mass is 10.3. The van der Waals surface area contributed by atoms with Crippen LogP contribution in [0.5, 0.6) is 0 Å². The van der Waals surface area contributed by atoms with E-state index in [-0.39, 0.29) is 10.6 Å². The molecule has 0 aromatic heterocycles. The van der Waals surface area contributed by atoms with Gasteiger partial charge in [0, 0.05) is 19.2 Å². The third-order valence-electron chi connectivity index (χ3n) is 2.77. The van der Waals surface area contributed by atoms with Crippen LogP contribution in [0.2, 0.25) is 0 Å². The minimum absolute atomic E-state index is 0.0830. The molecule has 0 amide bonds. The van der Waals surface area contributed by atoms with Gasteiger partial charge in [-0.15, -0.1) is 4.83 Å². The van der Waals surface area contributed by atoms with Gasteiger partial charge >= 0.3 is 0 Å². The molecule has 1 saturated heterocycles. The van der Waals surface area contributed by atoms with Crippen LogP contribution in [0.15, 0.2) is 23.1 Å². The Labute approximate surface area is 115 Å². The van der Waals surface area contributed by atoms with Crippen LogP contribution in [0, 0.1) is 10.1 Å². The van der Waals surface area contributed by atoms with E-state index >= 15 is 0 Å². The summed E-state index contributed by atoms with van der Waals surface area (Å²) >= 11 is 0. The fourth-order valence-corrected chi connectivity index (χ4v) is 2.87. The highest BCUT2D eigenvalue weighted by Crippen LogP contribution is 2.24. The summed E-state index contributed by atoms with van der Waals surface area (Å²) in [5.74, 6) is 0. The van der Waals surface area contributed by atoms with Gasteiger partial charge in [0.1, 0.15) is 5.69 Å². The van der Waals surface area contributed by atoms with Crippen LogP contribution in [-0.4, -0.2) is 44.7 Å². The number of ether oxygens (including phenoxy) is 1. The third-order valence-corrected chi connectivity index (χ3v) is 4.14. The van der Waals surface area contributed by atoms with E-state index < -0.39 is 20.6 Å². The number of hydrogen-bond acceptors (Lipinski definition) is 7. The number of nitrogens with one attached hydrogen (secondary N) is 1. The van der Waals surface area contributed by atoms with Crippen LogP contribution in [0.25, 0.3) is 0 Å². The van der Waals surface area contributed by atoms with E-state index in [9.17, 15) is 18.5 Å². The molecule has 0 atom stereocenters. The summed E-state index contributed by atoms with van der Waals surface area (Å²) in [6, 6.07) is 3.37. The van der Waals surface area contributed by atoms with E-state index in [1.54, 1.807) is 0 Å². The van der Waals surface area contributed by atoms with Crippen LogP contribution < -0.4 is 10.6 Å². The van der Waals surface area contributed by atoms with Crippen molar-refractivity contribution in [3.8, 4) is 0 Å². The zero-order valence-electron chi connectivity index (χ0n) is 10.5. The highest BCUT2D eigenvalue weighted by molar-refractivity contribution is 7.89. The number of hydrazine groups is 1. The van der Waals surface area contributed by atoms with Crippen molar-refractivity contribution in [3.05, 3.63) is 28.3 Å².